The highest BCUT2D eigenvalue weighted by Crippen LogP contribution is 2.38. The van der Waals surface area contributed by atoms with Crippen LogP contribution in [0.4, 0.5) is 8.78 Å². The van der Waals surface area contributed by atoms with Gasteiger partial charge in [-0.05, 0) is 58.1 Å². The molecule has 1 fully saturated rings. The van der Waals surface area contributed by atoms with E-state index in [2.05, 4.69) is 27.3 Å². The van der Waals surface area contributed by atoms with Crippen molar-refractivity contribution < 1.29 is 18.3 Å². The lowest BCUT2D eigenvalue weighted by molar-refractivity contribution is -0.0505. The monoisotopic (exact) mass is 470 g/mol. The molecular formula is C27H32F2N2O3. The van der Waals surface area contributed by atoms with Gasteiger partial charge in [0.1, 0.15) is 5.75 Å². The third kappa shape index (κ3) is 4.79. The molecular weight excluding hydrogens is 438 g/mol. The van der Waals surface area contributed by atoms with Crippen LogP contribution in [0.25, 0.3) is 10.9 Å². The molecule has 1 unspecified atom stereocenters. The van der Waals surface area contributed by atoms with Gasteiger partial charge in [-0.25, -0.2) is 0 Å². The summed E-state index contributed by atoms with van der Waals surface area (Å²) in [5.41, 5.74) is 2.59. The first kappa shape index (κ1) is 24.2. The molecule has 1 atom stereocenters. The minimum absolute atomic E-state index is 0.0215. The van der Waals surface area contributed by atoms with E-state index in [1.165, 1.54) is 38.2 Å². The van der Waals surface area contributed by atoms with Gasteiger partial charge in [0, 0.05) is 40.3 Å². The molecule has 3 aromatic rings. The van der Waals surface area contributed by atoms with E-state index in [0.717, 1.165) is 16.6 Å². The van der Waals surface area contributed by atoms with Crippen LogP contribution in [0.1, 0.15) is 78.8 Å². The molecule has 1 aliphatic rings. The Hall–Kier alpha value is -2.96. The van der Waals surface area contributed by atoms with E-state index in [-0.39, 0.29) is 36.0 Å². The van der Waals surface area contributed by atoms with Crippen LogP contribution >= 0.6 is 0 Å². The van der Waals surface area contributed by atoms with E-state index in [1.807, 2.05) is 25.1 Å². The van der Waals surface area contributed by atoms with Gasteiger partial charge in [0.2, 0.25) is 0 Å². The Kier molecular flexibility index (Phi) is 7.19. The van der Waals surface area contributed by atoms with E-state index in [4.69, 9.17) is 0 Å². The number of aromatic amines is 1. The molecule has 2 aromatic heterocycles. The average Bonchev–Trinajstić information content (AvgIpc) is 3.09. The van der Waals surface area contributed by atoms with Crippen molar-refractivity contribution in [2.24, 2.45) is 5.92 Å². The number of para-hydroxylation sites is 1. The summed E-state index contributed by atoms with van der Waals surface area (Å²) < 4.78 is 32.6. The molecule has 34 heavy (non-hydrogen) atoms. The predicted molar refractivity (Wildman–Crippen MR) is 129 cm³/mol. The Labute approximate surface area is 198 Å². The predicted octanol–water partition coefficient (Wildman–Crippen LogP) is 6.50. The summed E-state index contributed by atoms with van der Waals surface area (Å²) >= 11 is 0. The van der Waals surface area contributed by atoms with Gasteiger partial charge in [-0.1, -0.05) is 37.5 Å². The fourth-order valence-corrected chi connectivity index (χ4v) is 5.58. The van der Waals surface area contributed by atoms with Crippen molar-refractivity contribution in [2.45, 2.75) is 78.4 Å². The van der Waals surface area contributed by atoms with Gasteiger partial charge in [0.15, 0.2) is 5.78 Å². The van der Waals surface area contributed by atoms with Crippen molar-refractivity contribution >= 4 is 16.7 Å². The summed E-state index contributed by atoms with van der Waals surface area (Å²) in [5, 5.41) is 0.898. The SMILES string of the molecule is Cc1cc(OC(F)F)c(CCC(=O)c2c(C)n(C(C)C3CCCCC3)c3ccccc23)c(=O)[nH]1. The maximum absolute atomic E-state index is 13.5. The molecule has 0 aliphatic heterocycles. The number of aryl methyl sites for hydroxylation is 1. The molecule has 1 aromatic carbocycles. The highest BCUT2D eigenvalue weighted by molar-refractivity contribution is 6.09. The molecule has 2 heterocycles. The van der Waals surface area contributed by atoms with E-state index in [0.29, 0.717) is 17.2 Å². The van der Waals surface area contributed by atoms with Gasteiger partial charge in [-0.2, -0.15) is 8.78 Å². The fourth-order valence-electron chi connectivity index (χ4n) is 5.58. The van der Waals surface area contributed by atoms with E-state index in [9.17, 15) is 18.4 Å². The standard InChI is InChI=1S/C27H32F2N2O3/c1-16-15-24(34-27(28)29)21(26(33)30-16)13-14-23(32)25-18(3)31(22-12-8-7-11-20(22)25)17(2)19-9-5-4-6-10-19/h7-8,11-12,15,17,19,27H,4-6,9-10,13-14H2,1-3H3,(H,30,33). The van der Waals surface area contributed by atoms with Crippen LogP contribution < -0.4 is 10.3 Å². The zero-order valence-corrected chi connectivity index (χ0v) is 20.0. The van der Waals surface area contributed by atoms with Crippen LogP contribution in [-0.2, 0) is 6.42 Å². The number of hydrogen-bond donors (Lipinski definition) is 1. The molecule has 1 aliphatic carbocycles. The largest absolute Gasteiger partial charge is 0.434 e. The number of benzene rings is 1. The van der Waals surface area contributed by atoms with Crippen LogP contribution in [0.2, 0.25) is 0 Å². The van der Waals surface area contributed by atoms with Gasteiger partial charge in [0.25, 0.3) is 5.56 Å². The van der Waals surface area contributed by atoms with Gasteiger partial charge in [-0.15, -0.1) is 0 Å². The zero-order valence-electron chi connectivity index (χ0n) is 20.0. The quantitative estimate of drug-likeness (QED) is 0.382. The normalized spacial score (nSPS) is 15.7. The second-order valence-corrected chi connectivity index (χ2v) is 9.41. The van der Waals surface area contributed by atoms with Crippen LogP contribution in [0, 0.1) is 19.8 Å². The van der Waals surface area contributed by atoms with Crippen LogP contribution in [0.5, 0.6) is 5.75 Å². The summed E-state index contributed by atoms with van der Waals surface area (Å²) in [5.74, 6) is 0.298. The Morgan fingerprint density at radius 1 is 1.18 bits per heavy atom. The number of aromatic nitrogens is 2. The van der Waals surface area contributed by atoms with Crippen LogP contribution in [0.15, 0.2) is 35.1 Å². The Balaban J connectivity index is 1.66. The molecule has 0 radical (unpaired) electrons. The second-order valence-electron chi connectivity index (χ2n) is 9.41. The number of hydrogen-bond acceptors (Lipinski definition) is 3. The molecule has 5 nitrogen and oxygen atoms in total. The smallest absolute Gasteiger partial charge is 0.387 e. The number of Topliss-reactive ketones (excluding diaryl/α,β-unsaturated/α-hetero) is 1. The number of pyridine rings is 1. The van der Waals surface area contributed by atoms with Crippen LogP contribution in [0.3, 0.4) is 0 Å². The zero-order chi connectivity index (χ0) is 24.4. The topological polar surface area (TPSA) is 64.1 Å². The molecule has 7 heteroatoms. The summed E-state index contributed by atoms with van der Waals surface area (Å²) in [4.78, 5) is 28.5. The second kappa shape index (κ2) is 10.1. The Bertz CT molecular complexity index is 1240. The number of carbonyl (C=O) groups excluding carboxylic acids is 1. The summed E-state index contributed by atoms with van der Waals surface area (Å²) in [6.45, 7) is 2.78. The first-order chi connectivity index (χ1) is 16.3. The fraction of sp³-hybridized carbons (Fsp3) is 0.481. The van der Waals surface area contributed by atoms with Crippen LogP contribution in [-0.4, -0.2) is 21.9 Å². The number of ketones is 1. The number of nitrogens with zero attached hydrogens (tertiary/aromatic N) is 1. The lowest BCUT2D eigenvalue weighted by atomic mass is 9.84. The van der Waals surface area contributed by atoms with Gasteiger partial charge in [-0.3, -0.25) is 9.59 Å². The van der Waals surface area contributed by atoms with Gasteiger partial charge in [0.05, 0.1) is 5.56 Å². The number of halogens is 2. The highest BCUT2D eigenvalue weighted by Gasteiger charge is 2.27. The van der Waals surface area contributed by atoms with Gasteiger partial charge < -0.3 is 14.3 Å². The summed E-state index contributed by atoms with van der Waals surface area (Å²) in [7, 11) is 0. The average molecular weight is 471 g/mol. The lowest BCUT2D eigenvalue weighted by Crippen LogP contribution is -2.20. The van der Waals surface area contributed by atoms with Crippen molar-refractivity contribution in [1.29, 1.82) is 0 Å². The number of ether oxygens (including phenoxy) is 1. The molecule has 0 amide bonds. The number of nitrogens with one attached hydrogen (secondary N) is 1. The molecule has 1 N–H and O–H groups in total. The Morgan fingerprint density at radius 2 is 1.88 bits per heavy atom. The first-order valence-corrected chi connectivity index (χ1v) is 12.1. The van der Waals surface area contributed by atoms with Crippen molar-refractivity contribution in [1.82, 2.24) is 9.55 Å². The van der Waals surface area contributed by atoms with E-state index >= 15 is 0 Å². The molecule has 0 bridgehead atoms. The van der Waals surface area contributed by atoms with Crippen molar-refractivity contribution in [3.05, 3.63) is 63.2 Å². The van der Waals surface area contributed by atoms with Crippen molar-refractivity contribution in [3.8, 4) is 5.75 Å². The molecule has 182 valence electrons. The minimum atomic E-state index is -3.04. The number of rotatable bonds is 8. The summed E-state index contributed by atoms with van der Waals surface area (Å²) in [6, 6.07) is 9.57. The lowest BCUT2D eigenvalue weighted by Gasteiger charge is -2.30. The molecule has 1 saturated carbocycles. The van der Waals surface area contributed by atoms with E-state index < -0.39 is 12.2 Å². The Morgan fingerprint density at radius 3 is 2.59 bits per heavy atom. The number of carbonyl (C=O) groups is 1. The third-order valence-corrected chi connectivity index (χ3v) is 7.22. The number of H-pyrrole nitrogens is 1. The molecule has 4 rings (SSSR count). The van der Waals surface area contributed by atoms with Crippen molar-refractivity contribution in [3.63, 3.8) is 0 Å². The molecule has 0 saturated heterocycles. The van der Waals surface area contributed by atoms with E-state index in [1.54, 1.807) is 6.92 Å². The maximum Gasteiger partial charge on any atom is 0.387 e. The number of fused-ring (bicyclic) bond motifs is 1. The number of alkyl halides is 2. The highest BCUT2D eigenvalue weighted by atomic mass is 19.3. The third-order valence-electron chi connectivity index (χ3n) is 7.22. The molecule has 0 spiro atoms. The maximum atomic E-state index is 13.5. The summed E-state index contributed by atoms with van der Waals surface area (Å²) in [6.07, 6.45) is 6.21. The first-order valence-electron chi connectivity index (χ1n) is 12.1. The van der Waals surface area contributed by atoms with Crippen molar-refractivity contribution in [2.75, 3.05) is 0 Å². The minimum Gasteiger partial charge on any atom is -0.434 e. The van der Waals surface area contributed by atoms with Gasteiger partial charge >= 0.3 is 6.61 Å².